The van der Waals surface area contributed by atoms with Crippen LogP contribution in [0.5, 0.6) is 0 Å². The summed E-state index contributed by atoms with van der Waals surface area (Å²) in [6.45, 7) is 4.06. The van der Waals surface area contributed by atoms with Crippen LogP contribution in [-0.2, 0) is 9.53 Å². The molecule has 1 unspecified atom stereocenters. The highest BCUT2D eigenvalue weighted by Crippen LogP contribution is 2.26. The molecular formula is C26H26ClN3O5. The van der Waals surface area contributed by atoms with Gasteiger partial charge in [-0.15, -0.1) is 0 Å². The van der Waals surface area contributed by atoms with Gasteiger partial charge < -0.3 is 19.4 Å². The van der Waals surface area contributed by atoms with Crippen LogP contribution in [0.3, 0.4) is 0 Å². The van der Waals surface area contributed by atoms with Crippen LogP contribution in [-0.4, -0.2) is 60.4 Å². The number of carbonyl (C=O) groups excluding carboxylic acids is 3. The number of amides is 2. The quantitative estimate of drug-likeness (QED) is 0.493. The van der Waals surface area contributed by atoms with Gasteiger partial charge in [-0.25, -0.2) is 4.79 Å². The Morgan fingerprint density at radius 2 is 1.69 bits per heavy atom. The number of ether oxygens (including phenoxy) is 1. The highest BCUT2D eigenvalue weighted by atomic mass is 35.5. The van der Waals surface area contributed by atoms with E-state index >= 15 is 0 Å². The molecule has 3 aromatic rings. The van der Waals surface area contributed by atoms with E-state index in [1.807, 2.05) is 17.0 Å². The summed E-state index contributed by atoms with van der Waals surface area (Å²) in [4.78, 5) is 41.7. The highest BCUT2D eigenvalue weighted by molar-refractivity contribution is 6.30. The van der Waals surface area contributed by atoms with Crippen LogP contribution in [0.25, 0.3) is 0 Å². The van der Waals surface area contributed by atoms with Crippen molar-refractivity contribution in [3.05, 3.63) is 88.8 Å². The van der Waals surface area contributed by atoms with Crippen LogP contribution in [0.4, 0.5) is 5.69 Å². The molecule has 182 valence electrons. The first-order valence-electron chi connectivity index (χ1n) is 11.4. The van der Waals surface area contributed by atoms with E-state index < -0.39 is 6.04 Å². The Balaban J connectivity index is 1.38. The minimum Gasteiger partial charge on any atom is -0.465 e. The Morgan fingerprint density at radius 3 is 2.29 bits per heavy atom. The van der Waals surface area contributed by atoms with E-state index in [1.54, 1.807) is 60.4 Å². The SMILES string of the molecule is CCOC(=O)C(c1ccc(Cl)cc1)N1CCN(C(=O)c2ccc(NC(=O)c3ccco3)cc2)CC1. The first kappa shape index (κ1) is 24.5. The highest BCUT2D eigenvalue weighted by Gasteiger charge is 2.32. The third-order valence-electron chi connectivity index (χ3n) is 5.80. The summed E-state index contributed by atoms with van der Waals surface area (Å²) in [5.74, 6) is -0.570. The topological polar surface area (TPSA) is 92.1 Å². The van der Waals surface area contributed by atoms with Crippen LogP contribution in [0.2, 0.25) is 5.02 Å². The second-order valence-electron chi connectivity index (χ2n) is 8.04. The van der Waals surface area contributed by atoms with E-state index in [1.165, 1.54) is 6.26 Å². The number of benzene rings is 2. The number of furan rings is 1. The van der Waals surface area contributed by atoms with Gasteiger partial charge in [0.2, 0.25) is 0 Å². The zero-order chi connectivity index (χ0) is 24.8. The molecule has 0 radical (unpaired) electrons. The fourth-order valence-electron chi connectivity index (χ4n) is 4.02. The van der Waals surface area contributed by atoms with Crippen LogP contribution in [0.15, 0.2) is 71.3 Å². The minimum absolute atomic E-state index is 0.104. The molecule has 1 aliphatic rings. The molecule has 1 atom stereocenters. The molecule has 1 N–H and O–H groups in total. The molecule has 0 bridgehead atoms. The van der Waals surface area contributed by atoms with Crippen LogP contribution < -0.4 is 5.32 Å². The normalized spacial score (nSPS) is 14.9. The Bertz CT molecular complexity index is 1150. The van der Waals surface area contributed by atoms with Crippen molar-refractivity contribution >= 4 is 35.1 Å². The number of hydrogen-bond donors (Lipinski definition) is 1. The number of anilines is 1. The van der Waals surface area contributed by atoms with E-state index in [-0.39, 0.29) is 23.5 Å². The van der Waals surface area contributed by atoms with Gasteiger partial charge in [-0.05, 0) is 61.0 Å². The standard InChI is InChI=1S/C26H26ClN3O5/c1-2-34-26(33)23(18-5-9-20(27)10-6-18)29-13-15-30(16-14-29)25(32)19-7-11-21(12-8-19)28-24(31)22-4-3-17-35-22/h3-12,17,23H,2,13-16H2,1H3,(H,28,31). The molecule has 2 amide bonds. The smallest absolute Gasteiger partial charge is 0.328 e. The number of nitrogens with one attached hydrogen (secondary N) is 1. The Hall–Kier alpha value is -3.62. The zero-order valence-corrected chi connectivity index (χ0v) is 20.0. The molecule has 8 nitrogen and oxygen atoms in total. The van der Waals surface area contributed by atoms with Gasteiger partial charge in [0.1, 0.15) is 6.04 Å². The number of halogens is 1. The largest absolute Gasteiger partial charge is 0.465 e. The van der Waals surface area contributed by atoms with Crippen molar-refractivity contribution in [2.75, 3.05) is 38.1 Å². The molecule has 9 heteroatoms. The zero-order valence-electron chi connectivity index (χ0n) is 19.3. The molecule has 1 aliphatic heterocycles. The maximum absolute atomic E-state index is 13.0. The van der Waals surface area contributed by atoms with Gasteiger partial charge in [-0.1, -0.05) is 23.7 Å². The number of rotatable bonds is 7. The van der Waals surface area contributed by atoms with E-state index in [9.17, 15) is 14.4 Å². The monoisotopic (exact) mass is 495 g/mol. The average Bonchev–Trinajstić information content (AvgIpc) is 3.41. The number of hydrogen-bond acceptors (Lipinski definition) is 6. The first-order chi connectivity index (χ1) is 17.0. The molecule has 0 aliphatic carbocycles. The summed E-state index contributed by atoms with van der Waals surface area (Å²) in [7, 11) is 0. The average molecular weight is 496 g/mol. The van der Waals surface area contributed by atoms with Crippen molar-refractivity contribution in [2.24, 2.45) is 0 Å². The predicted molar refractivity (Wildman–Crippen MR) is 131 cm³/mol. The van der Waals surface area contributed by atoms with E-state index in [0.29, 0.717) is 49.1 Å². The van der Waals surface area contributed by atoms with Gasteiger partial charge in [0.15, 0.2) is 5.76 Å². The van der Waals surface area contributed by atoms with Gasteiger partial charge in [0.25, 0.3) is 11.8 Å². The molecular weight excluding hydrogens is 470 g/mol. The Labute approximate surface area is 208 Å². The summed E-state index contributed by atoms with van der Waals surface area (Å²) < 4.78 is 10.4. The number of piperazine rings is 1. The summed E-state index contributed by atoms with van der Waals surface area (Å²) >= 11 is 6.01. The molecule has 2 heterocycles. The lowest BCUT2D eigenvalue weighted by Gasteiger charge is -2.38. The second-order valence-corrected chi connectivity index (χ2v) is 8.48. The number of nitrogens with zero attached hydrogens (tertiary/aromatic N) is 2. The van der Waals surface area contributed by atoms with Crippen molar-refractivity contribution in [1.82, 2.24) is 9.80 Å². The van der Waals surface area contributed by atoms with E-state index in [2.05, 4.69) is 5.32 Å². The van der Waals surface area contributed by atoms with Gasteiger partial charge in [0.05, 0.1) is 12.9 Å². The summed E-state index contributed by atoms with van der Waals surface area (Å²) in [6, 6.07) is 16.6. The fourth-order valence-corrected chi connectivity index (χ4v) is 4.15. The molecule has 35 heavy (non-hydrogen) atoms. The first-order valence-corrected chi connectivity index (χ1v) is 11.7. The maximum atomic E-state index is 13.0. The molecule has 1 saturated heterocycles. The number of esters is 1. The Morgan fingerprint density at radius 1 is 1.00 bits per heavy atom. The molecule has 0 saturated carbocycles. The minimum atomic E-state index is -0.554. The molecule has 4 rings (SSSR count). The lowest BCUT2D eigenvalue weighted by atomic mass is 10.0. The van der Waals surface area contributed by atoms with Crippen molar-refractivity contribution in [1.29, 1.82) is 0 Å². The van der Waals surface area contributed by atoms with Crippen LogP contribution >= 0.6 is 11.6 Å². The third-order valence-corrected chi connectivity index (χ3v) is 6.05. The summed E-state index contributed by atoms with van der Waals surface area (Å²) in [6.07, 6.45) is 1.43. The van der Waals surface area contributed by atoms with Crippen LogP contribution in [0, 0.1) is 0 Å². The lowest BCUT2D eigenvalue weighted by Crippen LogP contribution is -2.51. The van der Waals surface area contributed by atoms with Crippen molar-refractivity contribution < 1.29 is 23.5 Å². The molecule has 1 fully saturated rings. The van der Waals surface area contributed by atoms with Gasteiger partial charge in [-0.2, -0.15) is 0 Å². The second kappa shape index (κ2) is 11.2. The third kappa shape index (κ3) is 5.90. The Kier molecular flexibility index (Phi) is 7.84. The molecule has 2 aromatic carbocycles. The maximum Gasteiger partial charge on any atom is 0.328 e. The van der Waals surface area contributed by atoms with Crippen molar-refractivity contribution in [3.63, 3.8) is 0 Å². The van der Waals surface area contributed by atoms with Gasteiger partial charge in [-0.3, -0.25) is 14.5 Å². The predicted octanol–water partition coefficient (Wildman–Crippen LogP) is 4.25. The summed E-state index contributed by atoms with van der Waals surface area (Å²) in [5.41, 5.74) is 1.89. The van der Waals surface area contributed by atoms with Crippen molar-refractivity contribution in [2.45, 2.75) is 13.0 Å². The van der Waals surface area contributed by atoms with Crippen molar-refractivity contribution in [3.8, 4) is 0 Å². The van der Waals surface area contributed by atoms with E-state index in [4.69, 9.17) is 20.8 Å². The molecule has 0 spiro atoms. The van der Waals surface area contributed by atoms with Crippen LogP contribution in [0.1, 0.15) is 39.4 Å². The molecule has 1 aromatic heterocycles. The van der Waals surface area contributed by atoms with E-state index in [0.717, 1.165) is 5.56 Å². The number of carbonyl (C=O) groups is 3. The summed E-state index contributed by atoms with van der Waals surface area (Å²) in [5, 5.41) is 3.33. The van der Waals surface area contributed by atoms with Gasteiger partial charge >= 0.3 is 5.97 Å². The van der Waals surface area contributed by atoms with Gasteiger partial charge in [0, 0.05) is 42.5 Å². The lowest BCUT2D eigenvalue weighted by molar-refractivity contribution is -0.150. The fraction of sp³-hybridized carbons (Fsp3) is 0.269.